The number of amides is 2. The summed E-state index contributed by atoms with van der Waals surface area (Å²) in [5.74, 6) is 0.0342. The highest BCUT2D eigenvalue weighted by Gasteiger charge is 2.40. The molecule has 1 aromatic rings. The highest BCUT2D eigenvalue weighted by Crippen LogP contribution is 2.37. The monoisotopic (exact) mass is 376 g/mol. The van der Waals surface area contributed by atoms with Crippen molar-refractivity contribution in [1.29, 1.82) is 0 Å². The van der Waals surface area contributed by atoms with Crippen molar-refractivity contribution in [3.63, 3.8) is 0 Å². The van der Waals surface area contributed by atoms with Gasteiger partial charge in [0.1, 0.15) is 5.75 Å². The van der Waals surface area contributed by atoms with Crippen LogP contribution in [0.25, 0.3) is 0 Å². The Morgan fingerprint density at radius 3 is 2.56 bits per heavy atom. The van der Waals surface area contributed by atoms with E-state index in [4.69, 9.17) is 9.47 Å². The Labute approximate surface area is 160 Å². The number of benzene rings is 1. The topological polar surface area (TPSA) is 76.2 Å². The van der Waals surface area contributed by atoms with E-state index in [9.17, 15) is 14.4 Å². The molecule has 1 heterocycles. The molecule has 0 spiro atoms. The molecule has 7 nitrogen and oxygen atoms in total. The van der Waals surface area contributed by atoms with Crippen molar-refractivity contribution < 1.29 is 23.9 Å². The minimum atomic E-state index is -0.980. The van der Waals surface area contributed by atoms with Crippen LogP contribution < -0.4 is 9.64 Å². The summed E-state index contributed by atoms with van der Waals surface area (Å²) in [5, 5.41) is 0. The van der Waals surface area contributed by atoms with Gasteiger partial charge >= 0.3 is 5.97 Å². The van der Waals surface area contributed by atoms with Gasteiger partial charge in [0, 0.05) is 26.1 Å². The van der Waals surface area contributed by atoms with Gasteiger partial charge in [-0.05, 0) is 39.8 Å². The van der Waals surface area contributed by atoms with Gasteiger partial charge in [0.15, 0.2) is 5.60 Å². The number of carbonyl (C=O) groups excluding carboxylic acids is 3. The van der Waals surface area contributed by atoms with Gasteiger partial charge < -0.3 is 19.3 Å². The van der Waals surface area contributed by atoms with Crippen molar-refractivity contribution in [3.8, 4) is 5.75 Å². The standard InChI is InChI=1S/C20H28N2O5/c1-5-21(13-12-18(24)26-6-2)17(23)11-14-22-15-9-7-8-10-16(15)27-20(3,4)19(22)25/h7-10H,5-6,11-14H2,1-4H3. The smallest absolute Gasteiger partial charge is 0.307 e. The second-order valence-corrected chi connectivity index (χ2v) is 6.82. The summed E-state index contributed by atoms with van der Waals surface area (Å²) in [7, 11) is 0. The third kappa shape index (κ3) is 4.99. The summed E-state index contributed by atoms with van der Waals surface area (Å²) in [4.78, 5) is 40.1. The number of para-hydroxylation sites is 2. The molecular weight excluding hydrogens is 348 g/mol. The zero-order chi connectivity index (χ0) is 20.0. The van der Waals surface area contributed by atoms with E-state index in [1.165, 1.54) is 0 Å². The molecule has 0 aromatic heterocycles. The molecule has 0 aliphatic carbocycles. The lowest BCUT2D eigenvalue weighted by atomic mass is 10.0. The van der Waals surface area contributed by atoms with Gasteiger partial charge in [-0.15, -0.1) is 0 Å². The van der Waals surface area contributed by atoms with Crippen molar-refractivity contribution in [2.45, 2.75) is 46.1 Å². The lowest BCUT2D eigenvalue weighted by molar-refractivity contribution is -0.144. The molecule has 0 fully saturated rings. The maximum absolute atomic E-state index is 12.8. The molecule has 27 heavy (non-hydrogen) atoms. The van der Waals surface area contributed by atoms with Crippen LogP contribution in [0.3, 0.4) is 0 Å². The van der Waals surface area contributed by atoms with E-state index in [-0.39, 0.29) is 37.2 Å². The van der Waals surface area contributed by atoms with Crippen LogP contribution in [0.5, 0.6) is 5.75 Å². The fourth-order valence-corrected chi connectivity index (χ4v) is 3.03. The molecule has 0 N–H and O–H groups in total. The molecule has 0 saturated carbocycles. The average molecular weight is 376 g/mol. The molecule has 1 aromatic carbocycles. The predicted molar refractivity (Wildman–Crippen MR) is 102 cm³/mol. The molecule has 0 bridgehead atoms. The van der Waals surface area contributed by atoms with Gasteiger partial charge in [0.2, 0.25) is 5.91 Å². The van der Waals surface area contributed by atoms with Crippen LogP contribution in [0.15, 0.2) is 24.3 Å². The summed E-state index contributed by atoms with van der Waals surface area (Å²) in [5.41, 5.74) is -0.310. The van der Waals surface area contributed by atoms with Crippen molar-refractivity contribution in [3.05, 3.63) is 24.3 Å². The van der Waals surface area contributed by atoms with Gasteiger partial charge in [-0.2, -0.15) is 0 Å². The maximum Gasteiger partial charge on any atom is 0.307 e. The number of fused-ring (bicyclic) bond motifs is 1. The van der Waals surface area contributed by atoms with Gasteiger partial charge in [-0.25, -0.2) is 0 Å². The largest absolute Gasteiger partial charge is 0.476 e. The Balaban J connectivity index is 2.02. The lowest BCUT2D eigenvalue weighted by Crippen LogP contribution is -2.53. The zero-order valence-electron chi connectivity index (χ0n) is 16.5. The highest BCUT2D eigenvalue weighted by molar-refractivity contribution is 6.02. The number of ether oxygens (including phenoxy) is 2. The first-order chi connectivity index (χ1) is 12.8. The summed E-state index contributed by atoms with van der Waals surface area (Å²) in [6.07, 6.45) is 0.340. The number of hydrogen-bond acceptors (Lipinski definition) is 5. The Hall–Kier alpha value is -2.57. The molecule has 7 heteroatoms. The van der Waals surface area contributed by atoms with Crippen molar-refractivity contribution in [2.75, 3.05) is 31.1 Å². The molecule has 148 valence electrons. The van der Waals surface area contributed by atoms with Gasteiger partial charge in [-0.3, -0.25) is 14.4 Å². The Morgan fingerprint density at radius 2 is 1.89 bits per heavy atom. The van der Waals surface area contributed by atoms with Crippen LogP contribution in [-0.2, 0) is 19.1 Å². The summed E-state index contributed by atoms with van der Waals surface area (Å²) in [6.45, 7) is 8.45. The average Bonchev–Trinajstić information content (AvgIpc) is 2.62. The van der Waals surface area contributed by atoms with Crippen LogP contribution in [0.2, 0.25) is 0 Å². The maximum atomic E-state index is 12.8. The van der Waals surface area contributed by atoms with E-state index in [1.54, 1.807) is 30.6 Å². The second kappa shape index (κ2) is 8.88. The molecule has 1 aliphatic heterocycles. The quantitative estimate of drug-likeness (QED) is 0.651. The van der Waals surface area contributed by atoms with Crippen LogP contribution in [0.1, 0.15) is 40.5 Å². The van der Waals surface area contributed by atoms with Gasteiger partial charge in [-0.1, -0.05) is 12.1 Å². The van der Waals surface area contributed by atoms with E-state index < -0.39 is 5.60 Å². The third-order valence-electron chi connectivity index (χ3n) is 4.46. The SMILES string of the molecule is CCOC(=O)CCN(CC)C(=O)CCN1C(=O)C(C)(C)Oc2ccccc21. The van der Waals surface area contributed by atoms with Crippen molar-refractivity contribution >= 4 is 23.5 Å². The van der Waals surface area contributed by atoms with E-state index in [2.05, 4.69) is 0 Å². The zero-order valence-corrected chi connectivity index (χ0v) is 16.5. The predicted octanol–water partition coefficient (Wildman–Crippen LogP) is 2.38. The molecule has 0 unspecified atom stereocenters. The molecule has 0 saturated heterocycles. The number of hydrogen-bond donors (Lipinski definition) is 0. The number of anilines is 1. The number of esters is 1. The van der Waals surface area contributed by atoms with Crippen molar-refractivity contribution in [2.24, 2.45) is 0 Å². The Morgan fingerprint density at radius 1 is 1.19 bits per heavy atom. The van der Waals surface area contributed by atoms with Gasteiger partial charge in [0.25, 0.3) is 5.91 Å². The molecular formula is C20H28N2O5. The first-order valence-corrected chi connectivity index (χ1v) is 9.33. The van der Waals surface area contributed by atoms with E-state index >= 15 is 0 Å². The minimum Gasteiger partial charge on any atom is -0.476 e. The first kappa shape index (κ1) is 20.7. The minimum absolute atomic E-state index is 0.101. The third-order valence-corrected chi connectivity index (χ3v) is 4.46. The molecule has 2 amide bonds. The number of carbonyl (C=O) groups is 3. The van der Waals surface area contributed by atoms with E-state index in [0.717, 1.165) is 0 Å². The summed E-state index contributed by atoms with van der Waals surface area (Å²) < 4.78 is 10.7. The summed E-state index contributed by atoms with van der Waals surface area (Å²) >= 11 is 0. The van der Waals surface area contributed by atoms with Crippen LogP contribution in [0.4, 0.5) is 5.69 Å². The number of nitrogens with zero attached hydrogens (tertiary/aromatic N) is 2. The fraction of sp³-hybridized carbons (Fsp3) is 0.550. The fourth-order valence-electron chi connectivity index (χ4n) is 3.03. The highest BCUT2D eigenvalue weighted by atomic mass is 16.5. The molecule has 1 aliphatic rings. The first-order valence-electron chi connectivity index (χ1n) is 9.33. The van der Waals surface area contributed by atoms with Crippen LogP contribution in [0, 0.1) is 0 Å². The Kier molecular flexibility index (Phi) is 6.82. The van der Waals surface area contributed by atoms with Crippen LogP contribution in [-0.4, -0.2) is 54.5 Å². The van der Waals surface area contributed by atoms with Gasteiger partial charge in [0.05, 0.1) is 18.7 Å². The lowest BCUT2D eigenvalue weighted by Gasteiger charge is -2.38. The molecule has 0 radical (unpaired) electrons. The second-order valence-electron chi connectivity index (χ2n) is 6.82. The Bertz CT molecular complexity index is 701. The summed E-state index contributed by atoms with van der Waals surface area (Å²) in [6, 6.07) is 7.31. The molecule has 0 atom stereocenters. The van der Waals surface area contributed by atoms with Crippen molar-refractivity contribution in [1.82, 2.24) is 4.90 Å². The van der Waals surface area contributed by atoms with Crippen LogP contribution >= 0.6 is 0 Å². The van der Waals surface area contributed by atoms with E-state index in [1.807, 2.05) is 31.2 Å². The number of rotatable bonds is 8. The van der Waals surface area contributed by atoms with E-state index in [0.29, 0.717) is 31.1 Å². The molecule has 2 rings (SSSR count). The normalized spacial score (nSPS) is 15.0.